The number of pyridine rings is 1. The van der Waals surface area contributed by atoms with E-state index in [-0.39, 0.29) is 12.4 Å². The zero-order valence-corrected chi connectivity index (χ0v) is 16.8. The molecule has 1 aliphatic rings. The number of aromatic nitrogens is 4. The van der Waals surface area contributed by atoms with Crippen molar-refractivity contribution < 1.29 is 0 Å². The van der Waals surface area contributed by atoms with E-state index in [1.54, 1.807) is 16.8 Å². The van der Waals surface area contributed by atoms with Crippen LogP contribution in [-0.2, 0) is 6.54 Å². The van der Waals surface area contributed by atoms with Gasteiger partial charge in [0.1, 0.15) is 0 Å². The molecule has 0 amide bonds. The summed E-state index contributed by atoms with van der Waals surface area (Å²) in [6.45, 7) is 3.55. The number of nitrogens with one attached hydrogen (secondary N) is 1. The molecule has 0 saturated carbocycles. The molecule has 4 rings (SSSR count). The maximum Gasteiger partial charge on any atom is 0.0972 e. The van der Waals surface area contributed by atoms with E-state index < -0.39 is 0 Å². The van der Waals surface area contributed by atoms with Crippen molar-refractivity contribution in [2.24, 2.45) is 0 Å². The van der Waals surface area contributed by atoms with E-state index in [1.165, 1.54) is 5.56 Å². The van der Waals surface area contributed by atoms with Crippen LogP contribution in [0.15, 0.2) is 48.9 Å². The predicted octanol–water partition coefficient (Wildman–Crippen LogP) is 3.54. The molecule has 27 heavy (non-hydrogen) atoms. The highest BCUT2D eigenvalue weighted by Crippen LogP contribution is 2.25. The Bertz CT molecular complexity index is 886. The highest BCUT2D eigenvalue weighted by Gasteiger charge is 2.24. The molecule has 0 spiro atoms. The van der Waals surface area contributed by atoms with Gasteiger partial charge in [-0.15, -0.1) is 17.5 Å². The first-order valence-corrected chi connectivity index (χ1v) is 9.17. The Morgan fingerprint density at radius 2 is 1.93 bits per heavy atom. The second kappa shape index (κ2) is 8.99. The second-order valence-corrected chi connectivity index (χ2v) is 7.04. The minimum atomic E-state index is 0. The maximum absolute atomic E-state index is 6.10. The van der Waals surface area contributed by atoms with Gasteiger partial charge >= 0.3 is 0 Å². The molecular weight excluding hydrogens is 407 g/mol. The van der Waals surface area contributed by atoms with E-state index in [2.05, 4.69) is 37.6 Å². The van der Waals surface area contributed by atoms with Crippen LogP contribution in [0.2, 0.25) is 10.0 Å². The summed E-state index contributed by atoms with van der Waals surface area (Å²) in [5.74, 6) is 0. The molecule has 1 N–H and O–H groups in total. The molecule has 0 bridgehead atoms. The van der Waals surface area contributed by atoms with E-state index in [9.17, 15) is 0 Å². The Kier molecular flexibility index (Phi) is 6.68. The lowest BCUT2D eigenvalue weighted by molar-refractivity contribution is 0.152. The lowest BCUT2D eigenvalue weighted by atomic mass is 10.0. The van der Waals surface area contributed by atoms with Crippen molar-refractivity contribution in [2.75, 3.05) is 19.6 Å². The van der Waals surface area contributed by atoms with Crippen LogP contribution in [0.5, 0.6) is 0 Å². The number of rotatable bonds is 4. The second-order valence-electron chi connectivity index (χ2n) is 6.22. The van der Waals surface area contributed by atoms with Crippen molar-refractivity contribution in [1.82, 2.24) is 30.2 Å². The maximum atomic E-state index is 6.10. The quantitative estimate of drug-likeness (QED) is 0.693. The van der Waals surface area contributed by atoms with Crippen LogP contribution in [0.25, 0.3) is 5.69 Å². The number of nitrogens with zero attached hydrogens (tertiary/aromatic N) is 5. The number of piperazine rings is 1. The van der Waals surface area contributed by atoms with Gasteiger partial charge in [0.15, 0.2) is 0 Å². The van der Waals surface area contributed by atoms with Crippen LogP contribution < -0.4 is 5.32 Å². The Balaban J connectivity index is 0.00000210. The molecule has 142 valence electrons. The molecule has 9 heteroatoms. The smallest absolute Gasteiger partial charge is 0.0972 e. The first-order valence-electron chi connectivity index (χ1n) is 8.42. The molecule has 1 aliphatic heterocycles. The monoisotopic (exact) mass is 424 g/mol. The first-order chi connectivity index (χ1) is 12.7. The van der Waals surface area contributed by atoms with Crippen molar-refractivity contribution in [3.05, 3.63) is 70.2 Å². The van der Waals surface area contributed by atoms with Gasteiger partial charge in [0, 0.05) is 44.6 Å². The summed E-state index contributed by atoms with van der Waals surface area (Å²) in [6, 6.07) is 9.84. The summed E-state index contributed by atoms with van der Waals surface area (Å²) < 4.78 is 1.72. The fourth-order valence-corrected chi connectivity index (χ4v) is 3.47. The highest BCUT2D eigenvalue weighted by molar-refractivity contribution is 6.42. The number of halogens is 3. The molecule has 0 radical (unpaired) electrons. The zero-order chi connectivity index (χ0) is 17.9. The van der Waals surface area contributed by atoms with Gasteiger partial charge < -0.3 is 5.32 Å². The Morgan fingerprint density at radius 3 is 2.70 bits per heavy atom. The topological polar surface area (TPSA) is 58.9 Å². The molecule has 0 aliphatic carbocycles. The van der Waals surface area contributed by atoms with E-state index in [4.69, 9.17) is 23.2 Å². The molecule has 6 nitrogen and oxygen atoms in total. The molecule has 2 aromatic heterocycles. The van der Waals surface area contributed by atoms with Gasteiger partial charge in [-0.1, -0.05) is 28.4 Å². The average molecular weight is 426 g/mol. The minimum absolute atomic E-state index is 0. The molecule has 1 fully saturated rings. The Labute approximate surface area is 173 Å². The third kappa shape index (κ3) is 4.59. The normalized spacial score (nSPS) is 17.5. The lowest BCUT2D eigenvalue weighted by Gasteiger charge is -2.35. The molecule has 3 heterocycles. The minimum Gasteiger partial charge on any atom is -0.314 e. The Morgan fingerprint density at radius 1 is 1.11 bits per heavy atom. The molecule has 1 unspecified atom stereocenters. The fourth-order valence-electron chi connectivity index (χ4n) is 3.18. The van der Waals surface area contributed by atoms with Crippen LogP contribution in [0, 0.1) is 0 Å². The third-order valence-electron chi connectivity index (χ3n) is 4.52. The SMILES string of the molecule is Cl.Clc1ccc(-n2cc(CN3CCNCC3c3ccncc3)nn2)cc1Cl. The summed E-state index contributed by atoms with van der Waals surface area (Å²) in [4.78, 5) is 6.53. The van der Waals surface area contributed by atoms with Gasteiger partial charge in [-0.25, -0.2) is 4.68 Å². The summed E-state index contributed by atoms with van der Waals surface area (Å²) in [5, 5.41) is 13.0. The van der Waals surface area contributed by atoms with Crippen molar-refractivity contribution in [2.45, 2.75) is 12.6 Å². The van der Waals surface area contributed by atoms with Crippen molar-refractivity contribution >= 4 is 35.6 Å². The van der Waals surface area contributed by atoms with E-state index in [1.807, 2.05) is 24.7 Å². The van der Waals surface area contributed by atoms with Gasteiger partial charge in [0.05, 0.1) is 27.6 Å². The summed E-state index contributed by atoms with van der Waals surface area (Å²) in [7, 11) is 0. The number of benzene rings is 1. The number of hydrogen-bond acceptors (Lipinski definition) is 5. The lowest BCUT2D eigenvalue weighted by Crippen LogP contribution is -2.45. The largest absolute Gasteiger partial charge is 0.314 e. The Hall–Kier alpha value is -1.70. The summed E-state index contributed by atoms with van der Waals surface area (Å²) in [5.41, 5.74) is 3.00. The molecule has 3 aromatic rings. The number of hydrogen-bond donors (Lipinski definition) is 1. The average Bonchev–Trinajstić information content (AvgIpc) is 3.14. The van der Waals surface area contributed by atoms with Gasteiger partial charge in [-0.3, -0.25) is 9.88 Å². The van der Waals surface area contributed by atoms with E-state index in [0.717, 1.165) is 37.6 Å². The third-order valence-corrected chi connectivity index (χ3v) is 5.26. The fraction of sp³-hybridized carbons (Fsp3) is 0.278. The van der Waals surface area contributed by atoms with E-state index in [0.29, 0.717) is 16.1 Å². The van der Waals surface area contributed by atoms with E-state index >= 15 is 0 Å². The van der Waals surface area contributed by atoms with Crippen molar-refractivity contribution in [1.29, 1.82) is 0 Å². The van der Waals surface area contributed by atoms with Crippen molar-refractivity contribution in [3.8, 4) is 5.69 Å². The zero-order valence-electron chi connectivity index (χ0n) is 14.4. The molecule has 1 atom stereocenters. The highest BCUT2D eigenvalue weighted by atomic mass is 35.5. The molecule has 1 saturated heterocycles. The van der Waals surface area contributed by atoms with Gasteiger partial charge in [-0.05, 0) is 35.9 Å². The van der Waals surface area contributed by atoms with Crippen LogP contribution in [0.3, 0.4) is 0 Å². The van der Waals surface area contributed by atoms with Crippen LogP contribution in [0.1, 0.15) is 17.3 Å². The standard InChI is InChI=1S/C18H18Cl2N6.ClH/c19-16-2-1-15(9-17(16)20)26-12-14(23-24-26)11-25-8-7-22-10-18(25)13-3-5-21-6-4-13;/h1-6,9,12,18,22H,7-8,10-11H2;1H. The van der Waals surface area contributed by atoms with Crippen LogP contribution in [-0.4, -0.2) is 44.5 Å². The summed E-state index contributed by atoms with van der Waals surface area (Å²) >= 11 is 12.1. The van der Waals surface area contributed by atoms with Gasteiger partial charge in [0.2, 0.25) is 0 Å². The molecular formula is C18H19Cl3N6. The van der Waals surface area contributed by atoms with Crippen molar-refractivity contribution in [3.63, 3.8) is 0 Å². The van der Waals surface area contributed by atoms with Crippen LogP contribution in [0.4, 0.5) is 0 Å². The predicted molar refractivity (Wildman–Crippen MR) is 109 cm³/mol. The first kappa shape index (κ1) is 20.0. The van der Waals surface area contributed by atoms with Crippen LogP contribution >= 0.6 is 35.6 Å². The van der Waals surface area contributed by atoms with Gasteiger partial charge in [0.25, 0.3) is 0 Å². The summed E-state index contributed by atoms with van der Waals surface area (Å²) in [6.07, 6.45) is 5.61. The molecule has 1 aromatic carbocycles. The van der Waals surface area contributed by atoms with Gasteiger partial charge in [-0.2, -0.15) is 0 Å².